The van der Waals surface area contributed by atoms with Crippen LogP contribution in [0.15, 0.2) is 6.07 Å². The Morgan fingerprint density at radius 3 is 2.88 bits per heavy atom. The Kier molecular flexibility index (Phi) is 3.73. The second kappa shape index (κ2) is 5.79. The molecule has 3 fully saturated rings. The van der Waals surface area contributed by atoms with Crippen molar-refractivity contribution in [2.75, 3.05) is 37.4 Å². The van der Waals surface area contributed by atoms with Crippen molar-refractivity contribution in [3.8, 4) is 5.88 Å². The monoisotopic (exact) mass is 331 g/mol. The lowest BCUT2D eigenvalue weighted by atomic mass is 9.73. The van der Waals surface area contributed by atoms with E-state index in [1.165, 1.54) is 19.3 Å². The third-order valence-corrected chi connectivity index (χ3v) is 5.58. The first-order valence-electron chi connectivity index (χ1n) is 8.82. The van der Waals surface area contributed by atoms with E-state index in [1.54, 1.807) is 7.11 Å². The highest BCUT2D eigenvalue weighted by Gasteiger charge is 2.45. The molecule has 1 aliphatic carbocycles. The van der Waals surface area contributed by atoms with Gasteiger partial charge < -0.3 is 20.3 Å². The number of nitrogens with two attached hydrogens (primary N) is 1. The molecule has 2 saturated heterocycles. The molecule has 7 heteroatoms. The van der Waals surface area contributed by atoms with Gasteiger partial charge in [-0.1, -0.05) is 0 Å². The van der Waals surface area contributed by atoms with Crippen LogP contribution >= 0.6 is 0 Å². The van der Waals surface area contributed by atoms with E-state index in [4.69, 9.17) is 10.5 Å². The number of hydrogen-bond acceptors (Lipinski definition) is 6. The van der Waals surface area contributed by atoms with E-state index < -0.39 is 0 Å². The number of methoxy groups -OCH3 is 1. The molecule has 0 radical (unpaired) electrons. The number of nitrogen functional groups attached to an aromatic ring is 1. The minimum Gasteiger partial charge on any atom is -0.481 e. The average molecular weight is 331 g/mol. The summed E-state index contributed by atoms with van der Waals surface area (Å²) >= 11 is 0. The molecule has 1 unspecified atom stereocenters. The Labute approximate surface area is 142 Å². The summed E-state index contributed by atoms with van der Waals surface area (Å²) in [6.45, 7) is 2.77. The predicted molar refractivity (Wildman–Crippen MR) is 90.8 cm³/mol. The number of nitrogens with zero attached hydrogens (tertiary/aromatic N) is 4. The highest BCUT2D eigenvalue weighted by Crippen LogP contribution is 2.43. The Hall–Kier alpha value is -2.05. The van der Waals surface area contributed by atoms with Crippen LogP contribution in [0.2, 0.25) is 0 Å². The van der Waals surface area contributed by atoms with Crippen LogP contribution in [0, 0.1) is 5.41 Å². The van der Waals surface area contributed by atoms with Gasteiger partial charge >= 0.3 is 0 Å². The molecule has 0 aromatic carbocycles. The molecular formula is C17H25N5O2. The first-order valence-corrected chi connectivity index (χ1v) is 8.82. The molecule has 1 saturated carbocycles. The molecule has 1 spiro atoms. The Bertz CT molecular complexity index is 648. The maximum Gasteiger partial charge on any atom is 0.225 e. The van der Waals surface area contributed by atoms with Gasteiger partial charge in [-0.25, -0.2) is 0 Å². The Morgan fingerprint density at radius 1 is 1.29 bits per heavy atom. The van der Waals surface area contributed by atoms with Gasteiger partial charge in [-0.2, -0.15) is 9.97 Å². The van der Waals surface area contributed by atoms with Gasteiger partial charge in [-0.3, -0.25) is 4.79 Å². The van der Waals surface area contributed by atoms with Crippen LogP contribution in [0.1, 0.15) is 38.5 Å². The van der Waals surface area contributed by atoms with Gasteiger partial charge in [-0.05, 0) is 32.1 Å². The van der Waals surface area contributed by atoms with Crippen molar-refractivity contribution >= 4 is 17.7 Å². The third kappa shape index (κ3) is 2.87. The molecule has 1 amide bonds. The molecule has 7 nitrogen and oxygen atoms in total. The van der Waals surface area contributed by atoms with E-state index >= 15 is 0 Å². The number of anilines is 2. The standard InChI is InChI=1S/C17H25N5O2/c1-24-14-9-13(19-16(18)20-14)21-8-2-6-17(10-21)7-5-15(23)22(11-17)12-3-4-12/h9,12H,2-8,10-11H2,1H3,(H2,18,19,20). The zero-order valence-electron chi connectivity index (χ0n) is 14.2. The van der Waals surface area contributed by atoms with E-state index in [0.717, 1.165) is 38.3 Å². The molecular weight excluding hydrogens is 306 g/mol. The molecule has 1 atom stereocenters. The average Bonchev–Trinajstić information content (AvgIpc) is 3.42. The van der Waals surface area contributed by atoms with E-state index in [0.29, 0.717) is 24.2 Å². The number of carbonyl (C=O) groups excluding carboxylic acids is 1. The van der Waals surface area contributed by atoms with Crippen LogP contribution in [0.5, 0.6) is 5.88 Å². The van der Waals surface area contributed by atoms with E-state index in [9.17, 15) is 4.79 Å². The summed E-state index contributed by atoms with van der Waals surface area (Å²) in [7, 11) is 1.59. The summed E-state index contributed by atoms with van der Waals surface area (Å²) < 4.78 is 5.22. The van der Waals surface area contributed by atoms with Gasteiger partial charge in [0.15, 0.2) is 0 Å². The predicted octanol–water partition coefficient (Wildman–Crippen LogP) is 1.44. The summed E-state index contributed by atoms with van der Waals surface area (Å²) in [5.74, 6) is 1.90. The molecule has 130 valence electrons. The van der Waals surface area contributed by atoms with Crippen molar-refractivity contribution in [1.82, 2.24) is 14.9 Å². The van der Waals surface area contributed by atoms with Crippen LogP contribution < -0.4 is 15.4 Å². The van der Waals surface area contributed by atoms with Gasteiger partial charge in [0.25, 0.3) is 0 Å². The van der Waals surface area contributed by atoms with Crippen LogP contribution in [0.25, 0.3) is 0 Å². The van der Waals surface area contributed by atoms with Crippen molar-refractivity contribution < 1.29 is 9.53 Å². The van der Waals surface area contributed by atoms with Gasteiger partial charge in [0.1, 0.15) is 5.82 Å². The topological polar surface area (TPSA) is 84.6 Å². The number of piperidine rings is 2. The van der Waals surface area contributed by atoms with E-state index in [-0.39, 0.29) is 11.4 Å². The maximum atomic E-state index is 12.2. The Balaban J connectivity index is 1.55. The summed E-state index contributed by atoms with van der Waals surface area (Å²) in [6.07, 6.45) is 6.29. The van der Waals surface area contributed by atoms with Crippen molar-refractivity contribution in [2.45, 2.75) is 44.6 Å². The van der Waals surface area contributed by atoms with Crippen molar-refractivity contribution in [2.24, 2.45) is 5.41 Å². The lowest BCUT2D eigenvalue weighted by Gasteiger charge is -2.48. The van der Waals surface area contributed by atoms with Crippen LogP contribution in [0.4, 0.5) is 11.8 Å². The molecule has 3 heterocycles. The van der Waals surface area contributed by atoms with Gasteiger partial charge in [0, 0.05) is 43.6 Å². The normalized spacial score (nSPS) is 27.6. The summed E-state index contributed by atoms with van der Waals surface area (Å²) in [5.41, 5.74) is 6.00. The highest BCUT2D eigenvalue weighted by atomic mass is 16.5. The van der Waals surface area contributed by atoms with Crippen molar-refractivity contribution in [3.05, 3.63) is 6.07 Å². The number of carbonyl (C=O) groups is 1. The second-order valence-corrected chi connectivity index (χ2v) is 7.40. The fraction of sp³-hybridized carbons (Fsp3) is 0.706. The number of likely N-dealkylation sites (tertiary alicyclic amines) is 1. The minimum atomic E-state index is 0.182. The highest BCUT2D eigenvalue weighted by molar-refractivity contribution is 5.78. The summed E-state index contributed by atoms with van der Waals surface area (Å²) in [5, 5.41) is 0. The van der Waals surface area contributed by atoms with Crippen molar-refractivity contribution in [3.63, 3.8) is 0 Å². The maximum absolute atomic E-state index is 12.2. The molecule has 4 rings (SSSR count). The molecule has 2 N–H and O–H groups in total. The minimum absolute atomic E-state index is 0.182. The van der Waals surface area contributed by atoms with E-state index in [1.807, 2.05) is 6.07 Å². The molecule has 3 aliphatic rings. The largest absolute Gasteiger partial charge is 0.481 e. The third-order valence-electron chi connectivity index (χ3n) is 5.58. The SMILES string of the molecule is COc1cc(N2CCCC3(CCC(=O)N(C4CC4)C3)C2)nc(N)n1. The summed E-state index contributed by atoms with van der Waals surface area (Å²) in [6, 6.07) is 2.35. The molecule has 1 aromatic heterocycles. The van der Waals surface area contributed by atoms with Gasteiger partial charge in [-0.15, -0.1) is 0 Å². The lowest BCUT2D eigenvalue weighted by molar-refractivity contribution is -0.138. The first kappa shape index (κ1) is 15.5. The summed E-state index contributed by atoms with van der Waals surface area (Å²) in [4.78, 5) is 25.1. The molecule has 1 aromatic rings. The zero-order valence-corrected chi connectivity index (χ0v) is 14.2. The zero-order chi connectivity index (χ0) is 16.7. The Morgan fingerprint density at radius 2 is 2.12 bits per heavy atom. The number of ether oxygens (including phenoxy) is 1. The fourth-order valence-corrected chi connectivity index (χ4v) is 4.20. The fourth-order valence-electron chi connectivity index (χ4n) is 4.20. The van der Waals surface area contributed by atoms with Crippen LogP contribution in [-0.2, 0) is 4.79 Å². The number of aromatic nitrogens is 2. The first-order chi connectivity index (χ1) is 11.6. The smallest absolute Gasteiger partial charge is 0.225 e. The second-order valence-electron chi connectivity index (χ2n) is 7.40. The van der Waals surface area contributed by atoms with Gasteiger partial charge in [0.05, 0.1) is 7.11 Å². The van der Waals surface area contributed by atoms with E-state index in [2.05, 4.69) is 19.8 Å². The van der Waals surface area contributed by atoms with Crippen molar-refractivity contribution in [1.29, 1.82) is 0 Å². The number of rotatable bonds is 3. The number of hydrogen-bond donors (Lipinski definition) is 1. The molecule has 2 aliphatic heterocycles. The molecule has 24 heavy (non-hydrogen) atoms. The number of amides is 1. The van der Waals surface area contributed by atoms with Crippen LogP contribution in [0.3, 0.4) is 0 Å². The van der Waals surface area contributed by atoms with Gasteiger partial charge in [0.2, 0.25) is 17.7 Å². The lowest BCUT2D eigenvalue weighted by Crippen LogP contribution is -2.54. The molecule has 0 bridgehead atoms. The van der Waals surface area contributed by atoms with Crippen LogP contribution in [-0.4, -0.2) is 53.6 Å². The quantitative estimate of drug-likeness (QED) is 0.902.